The molecule has 6 nitrogen and oxygen atoms in total. The highest BCUT2D eigenvalue weighted by atomic mass is 35.5. The minimum atomic E-state index is -0.328. The lowest BCUT2D eigenvalue weighted by atomic mass is 10.2. The predicted octanol–water partition coefficient (Wildman–Crippen LogP) is 0.949. The smallest absolute Gasteiger partial charge is 0.287 e. The van der Waals surface area contributed by atoms with Gasteiger partial charge in [-0.1, -0.05) is 18.5 Å². The third kappa shape index (κ3) is 2.73. The number of aryl methyl sites for hydroxylation is 1. The van der Waals surface area contributed by atoms with Gasteiger partial charge in [0.1, 0.15) is 11.1 Å². The van der Waals surface area contributed by atoms with Crippen molar-refractivity contribution < 1.29 is 4.79 Å². The van der Waals surface area contributed by atoms with Gasteiger partial charge in [0, 0.05) is 20.1 Å². The summed E-state index contributed by atoms with van der Waals surface area (Å²) in [5.74, 6) is 0.00815. The van der Waals surface area contributed by atoms with Crippen molar-refractivity contribution >= 4 is 23.2 Å². The van der Waals surface area contributed by atoms with E-state index < -0.39 is 0 Å². The Morgan fingerprint density at radius 3 is 2.84 bits per heavy atom. The molecule has 104 valence electrons. The van der Waals surface area contributed by atoms with Crippen LogP contribution < -0.4 is 10.9 Å². The first kappa shape index (κ1) is 13.9. The Labute approximate surface area is 116 Å². The summed E-state index contributed by atoms with van der Waals surface area (Å²) in [4.78, 5) is 25.4. The lowest BCUT2D eigenvalue weighted by Gasteiger charge is -2.14. The number of rotatable bonds is 4. The van der Waals surface area contributed by atoms with Crippen molar-refractivity contribution in [2.45, 2.75) is 32.4 Å². The Kier molecular flexibility index (Phi) is 4.09. The molecule has 0 bridgehead atoms. The molecule has 2 heterocycles. The summed E-state index contributed by atoms with van der Waals surface area (Å²) in [7, 11) is 1.75. The number of hydrogen-bond donors (Lipinski definition) is 1. The monoisotopic (exact) mass is 284 g/mol. The zero-order chi connectivity index (χ0) is 14.0. The number of carbonyl (C=O) groups excluding carboxylic acids is 1. The molecular weight excluding hydrogens is 268 g/mol. The summed E-state index contributed by atoms with van der Waals surface area (Å²) in [6, 6.07) is -0.328. The first-order chi connectivity index (χ1) is 9.04. The van der Waals surface area contributed by atoms with Crippen LogP contribution in [0.25, 0.3) is 0 Å². The molecule has 1 aliphatic rings. The topological polar surface area (TPSA) is 67.2 Å². The minimum Gasteiger partial charge on any atom is -0.371 e. The number of anilines is 1. The average molecular weight is 285 g/mol. The van der Waals surface area contributed by atoms with Crippen molar-refractivity contribution in [2.75, 3.05) is 18.9 Å². The van der Waals surface area contributed by atoms with Crippen LogP contribution in [-0.2, 0) is 11.3 Å². The van der Waals surface area contributed by atoms with Crippen molar-refractivity contribution in [3.8, 4) is 0 Å². The van der Waals surface area contributed by atoms with E-state index >= 15 is 0 Å². The quantitative estimate of drug-likeness (QED) is 0.894. The fourth-order valence-corrected chi connectivity index (χ4v) is 2.28. The van der Waals surface area contributed by atoms with Gasteiger partial charge in [-0.3, -0.25) is 9.59 Å². The third-order valence-electron chi connectivity index (χ3n) is 3.18. The molecule has 0 radical (unpaired) electrons. The lowest BCUT2D eigenvalue weighted by Crippen LogP contribution is -2.32. The Morgan fingerprint density at radius 2 is 2.26 bits per heavy atom. The number of likely N-dealkylation sites (N-methyl/N-ethyl adjacent to an activating group) is 1. The molecule has 0 saturated carbocycles. The molecule has 1 unspecified atom stereocenters. The molecule has 1 amide bonds. The molecule has 1 aromatic heterocycles. The van der Waals surface area contributed by atoms with E-state index in [1.807, 2.05) is 6.92 Å². The van der Waals surface area contributed by atoms with Gasteiger partial charge in [0.2, 0.25) is 5.91 Å². The highest BCUT2D eigenvalue weighted by Gasteiger charge is 2.29. The van der Waals surface area contributed by atoms with E-state index in [1.54, 1.807) is 11.9 Å². The maximum absolute atomic E-state index is 11.9. The molecule has 0 spiro atoms. The Balaban J connectivity index is 2.20. The first-order valence-corrected chi connectivity index (χ1v) is 6.69. The Morgan fingerprint density at radius 1 is 1.53 bits per heavy atom. The van der Waals surface area contributed by atoms with Gasteiger partial charge in [-0.15, -0.1) is 0 Å². The summed E-state index contributed by atoms with van der Waals surface area (Å²) in [5.41, 5.74) is 0.0972. The number of amides is 1. The highest BCUT2D eigenvalue weighted by molar-refractivity contribution is 6.33. The van der Waals surface area contributed by atoms with Crippen LogP contribution in [0, 0.1) is 0 Å². The van der Waals surface area contributed by atoms with Crippen molar-refractivity contribution in [2.24, 2.45) is 0 Å². The van der Waals surface area contributed by atoms with Crippen LogP contribution >= 0.6 is 11.6 Å². The Bertz CT molecular complexity index is 543. The van der Waals surface area contributed by atoms with Crippen LogP contribution in [0.3, 0.4) is 0 Å². The van der Waals surface area contributed by atoms with E-state index in [4.69, 9.17) is 11.6 Å². The zero-order valence-corrected chi connectivity index (χ0v) is 11.8. The SMILES string of the molecule is CCCn1ncc(NC2CCN(C)C2=O)c(Cl)c1=O. The summed E-state index contributed by atoms with van der Waals surface area (Å²) in [5, 5.41) is 7.14. The summed E-state index contributed by atoms with van der Waals surface area (Å²) in [6.07, 6.45) is 3.01. The van der Waals surface area contributed by atoms with Gasteiger partial charge in [-0.2, -0.15) is 5.10 Å². The van der Waals surface area contributed by atoms with Crippen molar-refractivity contribution in [3.05, 3.63) is 21.6 Å². The molecule has 0 aliphatic carbocycles. The normalized spacial score (nSPS) is 19.0. The summed E-state index contributed by atoms with van der Waals surface area (Å²) < 4.78 is 1.33. The molecule has 19 heavy (non-hydrogen) atoms. The largest absolute Gasteiger partial charge is 0.371 e. The minimum absolute atomic E-state index is 0.00815. The molecule has 1 atom stereocenters. The number of nitrogens with zero attached hydrogens (tertiary/aromatic N) is 3. The fourth-order valence-electron chi connectivity index (χ4n) is 2.08. The molecule has 1 aromatic rings. The van der Waals surface area contributed by atoms with E-state index in [9.17, 15) is 9.59 Å². The summed E-state index contributed by atoms with van der Waals surface area (Å²) in [6.45, 7) is 3.19. The van der Waals surface area contributed by atoms with Gasteiger partial charge in [0.15, 0.2) is 0 Å². The van der Waals surface area contributed by atoms with E-state index in [2.05, 4.69) is 10.4 Å². The molecule has 1 aliphatic heterocycles. The molecule has 7 heteroatoms. The maximum Gasteiger partial charge on any atom is 0.287 e. The molecular formula is C12H17ClN4O2. The standard InChI is InChI=1S/C12H17ClN4O2/c1-3-5-17-12(19)10(13)9(7-14-17)15-8-4-6-16(2)11(8)18/h7-8,15H,3-6H2,1-2H3. The van der Waals surface area contributed by atoms with E-state index in [0.717, 1.165) is 6.42 Å². The molecule has 1 fully saturated rings. The molecule has 2 rings (SSSR count). The second kappa shape index (κ2) is 5.61. The number of nitrogens with one attached hydrogen (secondary N) is 1. The average Bonchev–Trinajstić information content (AvgIpc) is 2.70. The Hall–Kier alpha value is -1.56. The second-order valence-electron chi connectivity index (χ2n) is 4.65. The van der Waals surface area contributed by atoms with Crippen molar-refractivity contribution in [3.63, 3.8) is 0 Å². The van der Waals surface area contributed by atoms with Crippen LogP contribution in [0.15, 0.2) is 11.0 Å². The zero-order valence-electron chi connectivity index (χ0n) is 11.0. The summed E-state index contributed by atoms with van der Waals surface area (Å²) >= 11 is 6.04. The lowest BCUT2D eigenvalue weighted by molar-refractivity contribution is -0.127. The highest BCUT2D eigenvalue weighted by Crippen LogP contribution is 2.20. The molecule has 1 saturated heterocycles. The van der Waals surface area contributed by atoms with Gasteiger partial charge in [0.25, 0.3) is 5.56 Å². The van der Waals surface area contributed by atoms with Gasteiger partial charge in [-0.05, 0) is 12.8 Å². The first-order valence-electron chi connectivity index (χ1n) is 6.31. The van der Waals surface area contributed by atoms with Crippen molar-refractivity contribution in [1.82, 2.24) is 14.7 Å². The van der Waals surface area contributed by atoms with Crippen LogP contribution in [0.5, 0.6) is 0 Å². The molecule has 1 N–H and O–H groups in total. The number of hydrogen-bond acceptors (Lipinski definition) is 4. The number of halogens is 1. The third-order valence-corrected chi connectivity index (χ3v) is 3.54. The van der Waals surface area contributed by atoms with Gasteiger partial charge < -0.3 is 10.2 Å². The van der Waals surface area contributed by atoms with Crippen LogP contribution in [0.1, 0.15) is 19.8 Å². The fraction of sp³-hybridized carbons (Fsp3) is 0.583. The van der Waals surface area contributed by atoms with Crippen LogP contribution in [0.4, 0.5) is 5.69 Å². The van der Waals surface area contributed by atoms with Crippen LogP contribution in [0.2, 0.25) is 5.02 Å². The van der Waals surface area contributed by atoms with Gasteiger partial charge >= 0.3 is 0 Å². The molecule has 0 aromatic carbocycles. The number of likely N-dealkylation sites (tertiary alicyclic amines) is 1. The van der Waals surface area contributed by atoms with E-state index in [0.29, 0.717) is 25.2 Å². The number of carbonyl (C=O) groups is 1. The second-order valence-corrected chi connectivity index (χ2v) is 5.02. The van der Waals surface area contributed by atoms with Crippen LogP contribution in [-0.4, -0.2) is 40.2 Å². The maximum atomic E-state index is 11.9. The van der Waals surface area contributed by atoms with Gasteiger partial charge in [-0.25, -0.2) is 4.68 Å². The van der Waals surface area contributed by atoms with Gasteiger partial charge in [0.05, 0.1) is 11.9 Å². The number of aromatic nitrogens is 2. The van der Waals surface area contributed by atoms with E-state index in [-0.39, 0.29) is 22.5 Å². The van der Waals surface area contributed by atoms with Crippen molar-refractivity contribution in [1.29, 1.82) is 0 Å². The van der Waals surface area contributed by atoms with E-state index in [1.165, 1.54) is 10.9 Å². The predicted molar refractivity (Wildman–Crippen MR) is 73.5 cm³/mol.